The molecule has 0 radical (unpaired) electrons. The van der Waals surface area contributed by atoms with E-state index in [2.05, 4.69) is 51.4 Å². The highest BCUT2D eigenvalue weighted by Crippen LogP contribution is 2.48. The minimum Gasteiger partial charge on any atom is -0.354 e. The molecule has 2 heterocycles. The van der Waals surface area contributed by atoms with Crippen molar-refractivity contribution in [2.75, 3.05) is 25.0 Å². The number of nitrogens with zero attached hydrogens (tertiary/aromatic N) is 3. The fourth-order valence-corrected chi connectivity index (χ4v) is 3.96. The number of aromatic nitrogens is 2. The van der Waals surface area contributed by atoms with Crippen LogP contribution >= 0.6 is 0 Å². The van der Waals surface area contributed by atoms with Crippen LogP contribution in [0.1, 0.15) is 36.3 Å². The maximum atomic E-state index is 12.8. The second-order valence-corrected chi connectivity index (χ2v) is 7.58. The molecule has 2 aliphatic rings. The molecule has 136 valence electrons. The van der Waals surface area contributed by atoms with Gasteiger partial charge in [0.25, 0.3) is 0 Å². The van der Waals surface area contributed by atoms with E-state index in [4.69, 9.17) is 0 Å². The van der Waals surface area contributed by atoms with Crippen molar-refractivity contribution in [3.63, 3.8) is 0 Å². The lowest BCUT2D eigenvalue weighted by Crippen LogP contribution is -2.40. The molecule has 26 heavy (non-hydrogen) atoms. The first-order valence-electron chi connectivity index (χ1n) is 9.57. The minimum atomic E-state index is 0.198. The Morgan fingerprint density at radius 1 is 1.19 bits per heavy atom. The van der Waals surface area contributed by atoms with Gasteiger partial charge in [0.2, 0.25) is 11.9 Å². The van der Waals surface area contributed by atoms with Crippen LogP contribution in [0.2, 0.25) is 0 Å². The number of piperidine rings is 1. The zero-order chi connectivity index (χ0) is 17.9. The topological polar surface area (TPSA) is 58.1 Å². The molecule has 4 rings (SSSR count). The molecule has 2 unspecified atom stereocenters. The third kappa shape index (κ3) is 3.87. The van der Waals surface area contributed by atoms with E-state index < -0.39 is 0 Å². The molecule has 1 saturated carbocycles. The number of benzene rings is 1. The summed E-state index contributed by atoms with van der Waals surface area (Å²) in [4.78, 5) is 23.3. The van der Waals surface area contributed by atoms with Crippen molar-refractivity contribution < 1.29 is 4.79 Å². The van der Waals surface area contributed by atoms with Gasteiger partial charge < -0.3 is 10.2 Å². The van der Waals surface area contributed by atoms with Gasteiger partial charge in [0, 0.05) is 37.9 Å². The van der Waals surface area contributed by atoms with Crippen molar-refractivity contribution in [1.29, 1.82) is 0 Å². The highest BCUT2D eigenvalue weighted by Gasteiger charge is 2.46. The fourth-order valence-electron chi connectivity index (χ4n) is 3.96. The van der Waals surface area contributed by atoms with Gasteiger partial charge in [-0.05, 0) is 49.7 Å². The quantitative estimate of drug-likeness (QED) is 0.899. The largest absolute Gasteiger partial charge is 0.354 e. The van der Waals surface area contributed by atoms with E-state index in [0.717, 1.165) is 38.9 Å². The van der Waals surface area contributed by atoms with Crippen LogP contribution in [0.15, 0.2) is 42.7 Å². The highest BCUT2D eigenvalue weighted by atomic mass is 16.2. The average Bonchev–Trinajstić information content (AvgIpc) is 3.48. The summed E-state index contributed by atoms with van der Waals surface area (Å²) in [6.07, 6.45) is 6.60. The van der Waals surface area contributed by atoms with E-state index in [1.54, 1.807) is 12.4 Å². The van der Waals surface area contributed by atoms with E-state index in [-0.39, 0.29) is 5.92 Å². The van der Waals surface area contributed by atoms with Crippen LogP contribution in [0.25, 0.3) is 0 Å². The molecule has 1 aromatic carbocycles. The summed E-state index contributed by atoms with van der Waals surface area (Å²) in [7, 11) is 0. The summed E-state index contributed by atoms with van der Waals surface area (Å²) < 4.78 is 0. The first-order valence-corrected chi connectivity index (χ1v) is 9.57. The molecule has 0 bridgehead atoms. The molecule has 1 aliphatic heterocycles. The first kappa shape index (κ1) is 17.0. The van der Waals surface area contributed by atoms with Crippen LogP contribution in [-0.2, 0) is 4.79 Å². The van der Waals surface area contributed by atoms with Gasteiger partial charge in [-0.25, -0.2) is 9.97 Å². The Hall–Kier alpha value is -2.43. The Balaban J connectivity index is 1.24. The van der Waals surface area contributed by atoms with Crippen molar-refractivity contribution in [3.05, 3.63) is 53.9 Å². The third-order valence-corrected chi connectivity index (χ3v) is 5.62. The van der Waals surface area contributed by atoms with Gasteiger partial charge in [-0.3, -0.25) is 4.79 Å². The summed E-state index contributed by atoms with van der Waals surface area (Å²) in [5.74, 6) is 2.25. The number of nitrogens with one attached hydrogen (secondary N) is 1. The lowest BCUT2D eigenvalue weighted by atomic mass is 9.96. The monoisotopic (exact) mass is 350 g/mol. The van der Waals surface area contributed by atoms with Crippen LogP contribution in [0.4, 0.5) is 5.95 Å². The number of amides is 1. The van der Waals surface area contributed by atoms with Crippen LogP contribution in [0, 0.1) is 18.8 Å². The van der Waals surface area contributed by atoms with Gasteiger partial charge in [0.1, 0.15) is 0 Å². The molecule has 1 aromatic heterocycles. The van der Waals surface area contributed by atoms with Crippen molar-refractivity contribution in [2.45, 2.75) is 32.1 Å². The molecular formula is C21H26N4O. The smallest absolute Gasteiger partial charge is 0.226 e. The average molecular weight is 350 g/mol. The van der Waals surface area contributed by atoms with Gasteiger partial charge in [0.05, 0.1) is 0 Å². The zero-order valence-corrected chi connectivity index (χ0v) is 15.3. The Morgan fingerprint density at radius 3 is 2.69 bits per heavy atom. The summed E-state index contributed by atoms with van der Waals surface area (Å²) in [6, 6.07) is 10.4. The Labute approximate surface area is 154 Å². The summed E-state index contributed by atoms with van der Waals surface area (Å²) in [5.41, 5.74) is 2.60. The highest BCUT2D eigenvalue weighted by molar-refractivity contribution is 5.83. The first-order chi connectivity index (χ1) is 12.7. The predicted molar refractivity (Wildman–Crippen MR) is 102 cm³/mol. The van der Waals surface area contributed by atoms with Crippen molar-refractivity contribution in [1.82, 2.24) is 14.9 Å². The second kappa shape index (κ2) is 7.44. The molecule has 1 saturated heterocycles. The van der Waals surface area contributed by atoms with Crippen molar-refractivity contribution in [2.24, 2.45) is 11.8 Å². The van der Waals surface area contributed by atoms with Gasteiger partial charge in [-0.1, -0.05) is 29.8 Å². The molecule has 2 fully saturated rings. The van der Waals surface area contributed by atoms with E-state index in [0.29, 0.717) is 23.7 Å². The second-order valence-electron chi connectivity index (χ2n) is 7.58. The molecule has 1 N–H and O–H groups in total. The zero-order valence-electron chi connectivity index (χ0n) is 15.3. The third-order valence-electron chi connectivity index (χ3n) is 5.62. The molecule has 1 aliphatic carbocycles. The number of aryl methyl sites for hydroxylation is 1. The Morgan fingerprint density at radius 2 is 1.96 bits per heavy atom. The van der Waals surface area contributed by atoms with Crippen LogP contribution in [0.5, 0.6) is 0 Å². The van der Waals surface area contributed by atoms with E-state index in [1.165, 1.54) is 11.1 Å². The van der Waals surface area contributed by atoms with Gasteiger partial charge >= 0.3 is 0 Å². The molecule has 2 aromatic rings. The molecule has 0 spiro atoms. The molecule has 5 heteroatoms. The maximum Gasteiger partial charge on any atom is 0.226 e. The SMILES string of the molecule is Cc1cccc(C2CC2C(=O)N2CCC(CNc3ncccn3)CC2)c1. The van der Waals surface area contributed by atoms with E-state index in [1.807, 2.05) is 6.07 Å². The van der Waals surface area contributed by atoms with Crippen LogP contribution < -0.4 is 5.32 Å². The Kier molecular flexibility index (Phi) is 4.87. The standard InChI is InChI=1S/C21H26N4O/c1-15-4-2-5-17(12-15)18-13-19(18)20(26)25-10-6-16(7-11-25)14-24-21-22-8-3-9-23-21/h2-5,8-9,12,16,18-19H,6-7,10-11,13-14H2,1H3,(H,22,23,24). The van der Waals surface area contributed by atoms with Gasteiger partial charge in [0.15, 0.2) is 0 Å². The Bertz CT molecular complexity index is 756. The summed E-state index contributed by atoms with van der Waals surface area (Å²) in [6.45, 7) is 4.74. The van der Waals surface area contributed by atoms with Crippen molar-refractivity contribution >= 4 is 11.9 Å². The molecule has 1 amide bonds. The van der Waals surface area contributed by atoms with Gasteiger partial charge in [-0.15, -0.1) is 0 Å². The summed E-state index contributed by atoms with van der Waals surface area (Å²) in [5, 5.41) is 3.30. The lowest BCUT2D eigenvalue weighted by molar-refractivity contribution is -0.134. The lowest BCUT2D eigenvalue weighted by Gasteiger charge is -2.32. The summed E-state index contributed by atoms with van der Waals surface area (Å²) >= 11 is 0. The number of hydrogen-bond acceptors (Lipinski definition) is 4. The molecule has 2 atom stereocenters. The predicted octanol–water partition coefficient (Wildman–Crippen LogP) is 3.24. The molecular weight excluding hydrogens is 324 g/mol. The van der Waals surface area contributed by atoms with Crippen LogP contribution in [0.3, 0.4) is 0 Å². The number of likely N-dealkylation sites (tertiary alicyclic amines) is 1. The van der Waals surface area contributed by atoms with Crippen LogP contribution in [-0.4, -0.2) is 40.4 Å². The fraction of sp³-hybridized carbons (Fsp3) is 0.476. The normalized spacial score (nSPS) is 22.9. The maximum absolute atomic E-state index is 12.8. The minimum absolute atomic E-state index is 0.198. The van der Waals surface area contributed by atoms with E-state index >= 15 is 0 Å². The number of carbonyl (C=O) groups is 1. The van der Waals surface area contributed by atoms with Crippen molar-refractivity contribution in [3.8, 4) is 0 Å². The molecule has 5 nitrogen and oxygen atoms in total. The number of anilines is 1. The number of rotatable bonds is 5. The van der Waals surface area contributed by atoms with E-state index in [9.17, 15) is 4.79 Å². The van der Waals surface area contributed by atoms with Gasteiger partial charge in [-0.2, -0.15) is 0 Å². The number of hydrogen-bond donors (Lipinski definition) is 1. The number of carbonyl (C=O) groups excluding carboxylic acids is 1.